The fourth-order valence-corrected chi connectivity index (χ4v) is 8.36. The second-order valence-electron chi connectivity index (χ2n) is 12.7. The van der Waals surface area contributed by atoms with Crippen molar-refractivity contribution in [3.05, 3.63) is 112 Å². The van der Waals surface area contributed by atoms with Crippen molar-refractivity contribution in [2.75, 3.05) is 52.1 Å². The molecule has 0 spiro atoms. The molecular weight excluding hydrogens is 637 g/mol. The fourth-order valence-electron chi connectivity index (χ4n) is 6.85. The first-order valence-corrected chi connectivity index (χ1v) is 19.2. The van der Waals surface area contributed by atoms with E-state index in [1.54, 1.807) is 23.1 Å². The van der Waals surface area contributed by atoms with Crippen LogP contribution in [0.15, 0.2) is 101 Å². The minimum absolute atomic E-state index is 0.0139. The van der Waals surface area contributed by atoms with Gasteiger partial charge in [-0.3, -0.25) is 9.69 Å². The van der Waals surface area contributed by atoms with Gasteiger partial charge in [-0.2, -0.15) is 11.3 Å². The van der Waals surface area contributed by atoms with Crippen LogP contribution in [-0.2, 0) is 29.1 Å². The number of piperidine rings is 1. The molecule has 2 amide bonds. The van der Waals surface area contributed by atoms with E-state index >= 15 is 0 Å². The van der Waals surface area contributed by atoms with Gasteiger partial charge in [0.25, 0.3) is 0 Å². The molecule has 48 heavy (non-hydrogen) atoms. The second-order valence-corrected chi connectivity index (χ2v) is 14.3. The lowest BCUT2D eigenvalue weighted by atomic mass is 9.88. The van der Waals surface area contributed by atoms with Gasteiger partial charge in [0.15, 0.2) is 0 Å². The summed E-state index contributed by atoms with van der Waals surface area (Å²) in [4.78, 5) is 35.4. The zero-order chi connectivity index (χ0) is 33.1. The molecule has 9 heteroatoms. The van der Waals surface area contributed by atoms with Crippen LogP contribution in [0.5, 0.6) is 0 Å². The van der Waals surface area contributed by atoms with Gasteiger partial charge in [0, 0.05) is 44.2 Å². The van der Waals surface area contributed by atoms with Crippen molar-refractivity contribution in [3.8, 4) is 11.1 Å². The van der Waals surface area contributed by atoms with E-state index < -0.39 is 12.1 Å². The number of carbonyl (C=O) groups excluding carboxylic acids is 2. The van der Waals surface area contributed by atoms with E-state index in [1.807, 2.05) is 35.2 Å². The predicted molar refractivity (Wildman–Crippen MR) is 196 cm³/mol. The molecule has 1 aromatic heterocycles. The number of rotatable bonds is 12. The molecule has 0 bridgehead atoms. The van der Waals surface area contributed by atoms with E-state index in [4.69, 9.17) is 4.74 Å². The topological polar surface area (TPSA) is 65.1 Å². The molecule has 1 N–H and O–H groups in total. The molecule has 0 unspecified atom stereocenters. The summed E-state index contributed by atoms with van der Waals surface area (Å²) in [6.07, 6.45) is 4.30. The zero-order valence-corrected chi connectivity index (χ0v) is 29.4. The van der Waals surface area contributed by atoms with Gasteiger partial charge >= 0.3 is 6.09 Å². The van der Waals surface area contributed by atoms with Gasteiger partial charge in [-0.1, -0.05) is 78.9 Å². The van der Waals surface area contributed by atoms with Gasteiger partial charge in [-0.05, 0) is 89.2 Å². The molecule has 2 aliphatic rings. The van der Waals surface area contributed by atoms with Crippen molar-refractivity contribution in [1.82, 2.24) is 20.0 Å². The second kappa shape index (κ2) is 17.2. The lowest BCUT2D eigenvalue weighted by molar-refractivity contribution is -0.137. The molecule has 4 aromatic rings. The molecule has 2 aliphatic heterocycles. The minimum Gasteiger partial charge on any atom is -0.445 e. The Hall–Kier alpha value is -3.63. The number of piperazine rings is 1. The van der Waals surface area contributed by atoms with E-state index in [2.05, 4.69) is 86.7 Å². The van der Waals surface area contributed by atoms with E-state index in [0.717, 1.165) is 64.1 Å². The standard InChI is InChI=1S/C39H46N4O3S2/c1-47-36-15-9-8-14-33(36)26-42-22-24-43(25-23-42)38(44)37(40-39(45)46-27-30-10-4-2-5-11-30)32-16-19-41(20-17-32)21-18-34-28-48-29-35(34)31-12-6-3-7-13-31/h2-15,28-29,32,37H,16-27H2,1H3,(H,40,45)/t37-/m1/s1. The molecular formula is C39H46N4O3S2. The van der Waals surface area contributed by atoms with Crippen molar-refractivity contribution in [2.45, 2.75) is 43.4 Å². The molecule has 0 aliphatic carbocycles. The number of ether oxygens (including phenoxy) is 1. The molecule has 2 saturated heterocycles. The van der Waals surface area contributed by atoms with Crippen molar-refractivity contribution < 1.29 is 14.3 Å². The van der Waals surface area contributed by atoms with Crippen molar-refractivity contribution in [1.29, 1.82) is 0 Å². The molecule has 6 rings (SSSR count). The van der Waals surface area contributed by atoms with E-state index in [1.165, 1.54) is 27.1 Å². The Bertz CT molecular complexity index is 1600. The highest BCUT2D eigenvalue weighted by Gasteiger charge is 2.36. The predicted octanol–water partition coefficient (Wildman–Crippen LogP) is 7.03. The number of thiophene rings is 1. The van der Waals surface area contributed by atoms with Crippen LogP contribution in [0.3, 0.4) is 0 Å². The third kappa shape index (κ3) is 9.08. The van der Waals surface area contributed by atoms with E-state index in [9.17, 15) is 9.59 Å². The van der Waals surface area contributed by atoms with Crippen LogP contribution in [-0.4, -0.2) is 84.8 Å². The van der Waals surface area contributed by atoms with Crippen molar-refractivity contribution in [3.63, 3.8) is 0 Å². The van der Waals surface area contributed by atoms with Gasteiger partial charge < -0.3 is 19.9 Å². The lowest BCUT2D eigenvalue weighted by Gasteiger charge is -2.40. The third-order valence-corrected chi connectivity index (χ3v) is 11.3. The Labute approximate surface area is 293 Å². The number of nitrogens with one attached hydrogen (secondary N) is 1. The number of amides is 2. The summed E-state index contributed by atoms with van der Waals surface area (Å²) in [6.45, 7) is 6.78. The van der Waals surface area contributed by atoms with Crippen LogP contribution in [0.1, 0.15) is 29.5 Å². The summed E-state index contributed by atoms with van der Waals surface area (Å²) >= 11 is 3.53. The SMILES string of the molecule is CSc1ccccc1CN1CCN(C(=O)[C@H](NC(=O)OCc2ccccc2)C2CCN(CCc3cscc3-c3ccccc3)CC2)CC1. The summed E-state index contributed by atoms with van der Waals surface area (Å²) < 4.78 is 5.60. The first kappa shape index (κ1) is 34.2. The fraction of sp³-hybridized carbons (Fsp3) is 0.385. The van der Waals surface area contributed by atoms with Gasteiger partial charge in [0.05, 0.1) is 0 Å². The number of likely N-dealkylation sites (tertiary alicyclic amines) is 1. The average Bonchev–Trinajstić information content (AvgIpc) is 3.62. The highest BCUT2D eigenvalue weighted by molar-refractivity contribution is 7.98. The van der Waals surface area contributed by atoms with E-state index in [0.29, 0.717) is 13.1 Å². The number of hydrogen-bond acceptors (Lipinski definition) is 7. The summed E-state index contributed by atoms with van der Waals surface area (Å²) in [5.41, 5.74) is 6.23. The number of alkyl carbamates (subject to hydrolysis) is 1. The minimum atomic E-state index is -0.597. The summed E-state index contributed by atoms with van der Waals surface area (Å²) in [7, 11) is 0. The third-order valence-electron chi connectivity index (χ3n) is 9.65. The highest BCUT2D eigenvalue weighted by Crippen LogP contribution is 2.29. The summed E-state index contributed by atoms with van der Waals surface area (Å²) in [6, 6.07) is 28.2. The van der Waals surface area contributed by atoms with Crippen LogP contribution in [0, 0.1) is 5.92 Å². The molecule has 3 heterocycles. The first-order valence-electron chi connectivity index (χ1n) is 17.0. The number of benzene rings is 3. The van der Waals surface area contributed by atoms with Crippen molar-refractivity contribution in [2.24, 2.45) is 5.92 Å². The highest BCUT2D eigenvalue weighted by atomic mass is 32.2. The molecule has 3 aromatic carbocycles. The zero-order valence-electron chi connectivity index (χ0n) is 27.8. The summed E-state index contributed by atoms with van der Waals surface area (Å²) in [5, 5.41) is 7.55. The van der Waals surface area contributed by atoms with Gasteiger partial charge in [0.2, 0.25) is 5.91 Å². The number of carbonyl (C=O) groups is 2. The maximum absolute atomic E-state index is 14.1. The normalized spacial score (nSPS) is 16.8. The molecule has 1 atom stereocenters. The van der Waals surface area contributed by atoms with Crippen LogP contribution in [0.25, 0.3) is 11.1 Å². The van der Waals surface area contributed by atoms with Crippen LogP contribution >= 0.6 is 23.1 Å². The van der Waals surface area contributed by atoms with Crippen LogP contribution in [0.2, 0.25) is 0 Å². The Morgan fingerprint density at radius 3 is 2.25 bits per heavy atom. The van der Waals surface area contributed by atoms with Gasteiger partial charge in [-0.25, -0.2) is 4.79 Å². The number of nitrogens with zero attached hydrogens (tertiary/aromatic N) is 3. The Morgan fingerprint density at radius 2 is 1.52 bits per heavy atom. The molecule has 252 valence electrons. The number of hydrogen-bond donors (Lipinski definition) is 1. The van der Waals surface area contributed by atoms with Gasteiger partial charge in [0.1, 0.15) is 12.6 Å². The van der Waals surface area contributed by atoms with E-state index in [-0.39, 0.29) is 18.4 Å². The maximum Gasteiger partial charge on any atom is 0.408 e. The first-order chi connectivity index (χ1) is 23.6. The Kier molecular flexibility index (Phi) is 12.2. The average molecular weight is 683 g/mol. The Morgan fingerprint density at radius 1 is 0.833 bits per heavy atom. The monoisotopic (exact) mass is 682 g/mol. The smallest absolute Gasteiger partial charge is 0.408 e. The van der Waals surface area contributed by atoms with Gasteiger partial charge in [-0.15, -0.1) is 11.8 Å². The largest absolute Gasteiger partial charge is 0.445 e. The lowest BCUT2D eigenvalue weighted by Crippen LogP contribution is -2.58. The van der Waals surface area contributed by atoms with Crippen LogP contribution < -0.4 is 5.32 Å². The molecule has 7 nitrogen and oxygen atoms in total. The molecule has 0 radical (unpaired) electrons. The quantitative estimate of drug-likeness (QED) is 0.162. The number of thioether (sulfide) groups is 1. The molecule has 0 saturated carbocycles. The maximum atomic E-state index is 14.1. The Balaban J connectivity index is 1.05. The van der Waals surface area contributed by atoms with Crippen molar-refractivity contribution >= 4 is 35.1 Å². The van der Waals surface area contributed by atoms with Crippen LogP contribution in [0.4, 0.5) is 4.79 Å². The summed E-state index contributed by atoms with van der Waals surface area (Å²) in [5.74, 6) is 0.0746. The molecule has 2 fully saturated rings.